The number of nitrogens with two attached hydrogens (primary N) is 2. The van der Waals surface area contributed by atoms with E-state index in [1.807, 2.05) is 18.2 Å². The number of hydrogen-bond acceptors (Lipinski definition) is 6. The largest absolute Gasteiger partial charge is 0.487 e. The third-order valence-electron chi connectivity index (χ3n) is 4.61. The Bertz CT molecular complexity index is 669. The highest BCUT2D eigenvalue weighted by molar-refractivity contribution is 5.94. The van der Waals surface area contributed by atoms with Crippen LogP contribution in [0.2, 0.25) is 0 Å². The van der Waals surface area contributed by atoms with Gasteiger partial charge in [-0.2, -0.15) is 4.98 Å². The van der Waals surface area contributed by atoms with Gasteiger partial charge in [0.2, 0.25) is 5.95 Å². The molecule has 1 saturated carbocycles. The topological polar surface area (TPSA) is 107 Å². The van der Waals surface area contributed by atoms with Crippen molar-refractivity contribution in [2.75, 3.05) is 18.1 Å². The van der Waals surface area contributed by atoms with Crippen molar-refractivity contribution in [3.8, 4) is 5.75 Å². The number of fused-ring (bicyclic) bond motifs is 1. The van der Waals surface area contributed by atoms with E-state index in [-0.39, 0.29) is 18.7 Å². The second-order valence-electron chi connectivity index (χ2n) is 6.21. The smallest absolute Gasteiger partial charge is 0.222 e. The van der Waals surface area contributed by atoms with Gasteiger partial charge in [0.15, 0.2) is 0 Å². The summed E-state index contributed by atoms with van der Waals surface area (Å²) in [6.45, 7) is -0.00319. The Balaban J connectivity index is 1.90. The Kier molecular flexibility index (Phi) is 4.81. The molecule has 1 heterocycles. The molecular weight excluding hydrogens is 292 g/mol. The lowest BCUT2D eigenvalue weighted by Gasteiger charge is -2.26. The summed E-state index contributed by atoms with van der Waals surface area (Å²) in [5, 5.41) is 10.5. The van der Waals surface area contributed by atoms with Crippen molar-refractivity contribution in [2.24, 2.45) is 5.92 Å². The summed E-state index contributed by atoms with van der Waals surface area (Å²) < 4.78 is 6.14. The second-order valence-corrected chi connectivity index (χ2v) is 6.21. The van der Waals surface area contributed by atoms with Crippen LogP contribution in [0.25, 0.3) is 10.9 Å². The van der Waals surface area contributed by atoms with Crippen LogP contribution in [0, 0.1) is 5.92 Å². The Hall–Kier alpha value is -2.08. The van der Waals surface area contributed by atoms with Gasteiger partial charge in [-0.1, -0.05) is 31.7 Å². The maximum atomic E-state index is 9.81. The summed E-state index contributed by atoms with van der Waals surface area (Å²) in [6.07, 6.45) is 6.88. The van der Waals surface area contributed by atoms with E-state index in [9.17, 15) is 5.11 Å². The molecule has 1 unspecified atom stereocenters. The Labute approximate surface area is 135 Å². The van der Waals surface area contributed by atoms with Gasteiger partial charge in [0, 0.05) is 0 Å². The highest BCUT2D eigenvalue weighted by Crippen LogP contribution is 2.33. The number of aliphatic hydroxyl groups excluding tert-OH is 1. The summed E-state index contributed by atoms with van der Waals surface area (Å²) in [7, 11) is 0. The lowest BCUT2D eigenvalue weighted by molar-refractivity contribution is 0.0622. The Morgan fingerprint density at radius 1 is 1.13 bits per heavy atom. The van der Waals surface area contributed by atoms with Crippen molar-refractivity contribution in [2.45, 2.75) is 44.6 Å². The third kappa shape index (κ3) is 3.47. The molecule has 0 aliphatic heterocycles. The number of anilines is 2. The van der Waals surface area contributed by atoms with E-state index in [4.69, 9.17) is 16.2 Å². The van der Waals surface area contributed by atoms with Gasteiger partial charge >= 0.3 is 0 Å². The minimum atomic E-state index is -0.226. The molecule has 1 aromatic heterocycles. The lowest BCUT2D eigenvalue weighted by Crippen LogP contribution is -2.30. The molecule has 23 heavy (non-hydrogen) atoms. The molecule has 0 bridgehead atoms. The van der Waals surface area contributed by atoms with Crippen LogP contribution in [0.15, 0.2) is 18.2 Å². The summed E-state index contributed by atoms with van der Waals surface area (Å²) in [5.41, 5.74) is 12.3. The first kappa shape index (κ1) is 15.8. The van der Waals surface area contributed by atoms with E-state index in [1.165, 1.54) is 25.7 Å². The zero-order chi connectivity index (χ0) is 16.2. The van der Waals surface area contributed by atoms with E-state index in [0.717, 1.165) is 12.8 Å². The van der Waals surface area contributed by atoms with E-state index in [2.05, 4.69) is 9.97 Å². The highest BCUT2D eigenvalue weighted by Gasteiger charge is 2.25. The molecule has 5 N–H and O–H groups in total. The van der Waals surface area contributed by atoms with Gasteiger partial charge in [0.1, 0.15) is 17.7 Å². The third-order valence-corrected chi connectivity index (χ3v) is 4.61. The summed E-state index contributed by atoms with van der Waals surface area (Å²) in [4.78, 5) is 8.23. The first-order valence-electron chi connectivity index (χ1n) is 8.28. The molecule has 0 amide bonds. The highest BCUT2D eigenvalue weighted by atomic mass is 16.5. The Morgan fingerprint density at radius 2 is 1.87 bits per heavy atom. The molecule has 1 aliphatic rings. The number of nitrogen functional groups attached to an aromatic ring is 2. The molecule has 1 fully saturated rings. The van der Waals surface area contributed by atoms with Crippen molar-refractivity contribution in [3.63, 3.8) is 0 Å². The standard InChI is InChI=1S/C17H24N4O2/c18-16-15-12(20-17(19)21-16)8-5-9-13(15)23-14(10-22)11-6-3-1-2-4-7-11/h5,8-9,11,14,22H,1-4,6-7,10H2,(H4,18,19,20,21). The number of hydrogen-bond donors (Lipinski definition) is 3. The fourth-order valence-corrected chi connectivity index (χ4v) is 3.42. The molecule has 1 atom stereocenters. The number of ether oxygens (including phenoxy) is 1. The fraction of sp³-hybridized carbons (Fsp3) is 0.529. The van der Waals surface area contributed by atoms with Crippen LogP contribution in [-0.4, -0.2) is 27.8 Å². The van der Waals surface area contributed by atoms with Crippen LogP contribution in [-0.2, 0) is 0 Å². The van der Waals surface area contributed by atoms with Gasteiger partial charge < -0.3 is 21.3 Å². The molecule has 3 rings (SSSR count). The number of rotatable bonds is 4. The minimum Gasteiger partial charge on any atom is -0.487 e. The molecule has 1 aliphatic carbocycles. The molecule has 0 radical (unpaired) electrons. The zero-order valence-corrected chi connectivity index (χ0v) is 13.2. The number of aromatic nitrogens is 2. The molecule has 2 aromatic rings. The van der Waals surface area contributed by atoms with Gasteiger partial charge in [-0.15, -0.1) is 0 Å². The molecule has 1 aromatic carbocycles. The zero-order valence-electron chi connectivity index (χ0n) is 13.2. The molecule has 124 valence electrons. The van der Waals surface area contributed by atoms with Crippen LogP contribution < -0.4 is 16.2 Å². The quantitative estimate of drug-likeness (QED) is 0.748. The first-order chi connectivity index (χ1) is 11.2. The second kappa shape index (κ2) is 7.00. The van der Waals surface area contributed by atoms with Crippen LogP contribution >= 0.6 is 0 Å². The molecule has 0 saturated heterocycles. The van der Waals surface area contributed by atoms with Crippen LogP contribution in [0.3, 0.4) is 0 Å². The number of aliphatic hydroxyl groups is 1. The number of benzene rings is 1. The van der Waals surface area contributed by atoms with E-state index >= 15 is 0 Å². The lowest BCUT2D eigenvalue weighted by atomic mass is 9.94. The number of nitrogens with zero attached hydrogens (tertiary/aromatic N) is 2. The average molecular weight is 316 g/mol. The van der Waals surface area contributed by atoms with Gasteiger partial charge in [-0.05, 0) is 30.9 Å². The predicted octanol–water partition coefficient (Wildman–Crippen LogP) is 2.50. The molecule has 6 heteroatoms. The van der Waals surface area contributed by atoms with Gasteiger partial charge in [-0.25, -0.2) is 4.98 Å². The van der Waals surface area contributed by atoms with Crippen molar-refractivity contribution in [1.29, 1.82) is 0 Å². The Morgan fingerprint density at radius 3 is 2.57 bits per heavy atom. The average Bonchev–Trinajstić information content (AvgIpc) is 2.81. The normalized spacial score (nSPS) is 17.8. The van der Waals surface area contributed by atoms with E-state index < -0.39 is 0 Å². The van der Waals surface area contributed by atoms with Crippen molar-refractivity contribution >= 4 is 22.7 Å². The minimum absolute atomic E-state index is 0.00319. The summed E-state index contributed by atoms with van der Waals surface area (Å²) in [6, 6.07) is 5.53. The fourth-order valence-electron chi connectivity index (χ4n) is 3.42. The van der Waals surface area contributed by atoms with Gasteiger partial charge in [-0.3, -0.25) is 0 Å². The first-order valence-corrected chi connectivity index (χ1v) is 8.28. The van der Waals surface area contributed by atoms with Crippen LogP contribution in [0.1, 0.15) is 38.5 Å². The molecule has 0 spiro atoms. The van der Waals surface area contributed by atoms with Crippen molar-refractivity contribution < 1.29 is 9.84 Å². The summed E-state index contributed by atoms with van der Waals surface area (Å²) >= 11 is 0. The van der Waals surface area contributed by atoms with Crippen LogP contribution in [0.5, 0.6) is 5.75 Å². The van der Waals surface area contributed by atoms with Gasteiger partial charge in [0.25, 0.3) is 0 Å². The van der Waals surface area contributed by atoms with E-state index in [0.29, 0.717) is 28.4 Å². The predicted molar refractivity (Wildman–Crippen MR) is 91.1 cm³/mol. The van der Waals surface area contributed by atoms with Crippen molar-refractivity contribution in [3.05, 3.63) is 18.2 Å². The monoisotopic (exact) mass is 316 g/mol. The maximum absolute atomic E-state index is 9.81. The van der Waals surface area contributed by atoms with E-state index in [1.54, 1.807) is 0 Å². The summed E-state index contributed by atoms with van der Waals surface area (Å²) in [5.74, 6) is 1.44. The maximum Gasteiger partial charge on any atom is 0.222 e. The van der Waals surface area contributed by atoms with Crippen molar-refractivity contribution in [1.82, 2.24) is 9.97 Å². The molecular formula is C17H24N4O2. The van der Waals surface area contributed by atoms with Gasteiger partial charge in [0.05, 0.1) is 17.5 Å². The SMILES string of the molecule is Nc1nc(N)c2c(OC(CO)C3CCCCCC3)cccc2n1. The molecule has 6 nitrogen and oxygen atoms in total. The van der Waals surface area contributed by atoms with Crippen LogP contribution in [0.4, 0.5) is 11.8 Å².